The Morgan fingerprint density at radius 3 is 2.94 bits per heavy atom. The summed E-state index contributed by atoms with van der Waals surface area (Å²) in [6.07, 6.45) is 3.94. The number of aromatic nitrogens is 1. The average molecular weight is 216 g/mol. The van der Waals surface area contributed by atoms with Crippen LogP contribution in [0.4, 0.5) is 5.82 Å². The molecule has 2 rings (SSSR count). The van der Waals surface area contributed by atoms with Crippen LogP contribution in [0.2, 0.25) is 0 Å². The van der Waals surface area contributed by atoms with Gasteiger partial charge >= 0.3 is 0 Å². The second kappa shape index (κ2) is 4.95. The molecule has 1 N–H and O–H groups in total. The first-order valence-electron chi connectivity index (χ1n) is 5.60. The normalized spacial score (nSPS) is 18.0. The van der Waals surface area contributed by atoms with E-state index in [0.717, 1.165) is 31.7 Å². The number of pyridine rings is 1. The van der Waals surface area contributed by atoms with E-state index in [0.29, 0.717) is 11.6 Å². The van der Waals surface area contributed by atoms with Crippen molar-refractivity contribution in [3.05, 3.63) is 23.9 Å². The maximum Gasteiger partial charge on any atom is 0.144 e. The van der Waals surface area contributed by atoms with E-state index in [1.54, 1.807) is 18.3 Å². The molecule has 16 heavy (non-hydrogen) atoms. The van der Waals surface area contributed by atoms with Gasteiger partial charge in [0.05, 0.1) is 5.56 Å². The Balaban J connectivity index is 2.01. The van der Waals surface area contributed by atoms with Gasteiger partial charge in [0.1, 0.15) is 11.9 Å². The zero-order chi connectivity index (χ0) is 11.4. The Morgan fingerprint density at radius 2 is 2.25 bits per heavy atom. The number of nitrogens with one attached hydrogen (secondary N) is 1. The molecule has 0 aromatic carbocycles. The average Bonchev–Trinajstić information content (AvgIpc) is 2.33. The molecule has 0 bridgehead atoms. The van der Waals surface area contributed by atoms with Gasteiger partial charge in [-0.25, -0.2) is 4.98 Å². The van der Waals surface area contributed by atoms with E-state index in [1.165, 1.54) is 0 Å². The Bertz CT molecular complexity index is 388. The van der Waals surface area contributed by atoms with Crippen molar-refractivity contribution in [1.29, 1.82) is 5.26 Å². The monoisotopic (exact) mass is 216 g/mol. The highest BCUT2D eigenvalue weighted by Gasteiger charge is 2.17. The van der Waals surface area contributed by atoms with E-state index >= 15 is 0 Å². The van der Waals surface area contributed by atoms with Gasteiger partial charge in [-0.1, -0.05) is 0 Å². The third-order valence-electron chi connectivity index (χ3n) is 2.99. The van der Waals surface area contributed by atoms with Crippen molar-refractivity contribution in [2.75, 3.05) is 25.5 Å². The fourth-order valence-electron chi connectivity index (χ4n) is 1.96. The lowest BCUT2D eigenvalue weighted by atomic mass is 10.1. The second-order valence-electron chi connectivity index (χ2n) is 4.23. The topological polar surface area (TPSA) is 52.0 Å². The first-order chi connectivity index (χ1) is 7.79. The van der Waals surface area contributed by atoms with Crippen molar-refractivity contribution in [3.8, 4) is 6.07 Å². The Kier molecular flexibility index (Phi) is 3.37. The third kappa shape index (κ3) is 2.50. The zero-order valence-electron chi connectivity index (χ0n) is 9.48. The van der Waals surface area contributed by atoms with Crippen molar-refractivity contribution in [1.82, 2.24) is 9.88 Å². The molecule has 0 spiro atoms. The van der Waals surface area contributed by atoms with Crippen LogP contribution in [0, 0.1) is 11.3 Å². The third-order valence-corrected chi connectivity index (χ3v) is 2.99. The molecule has 0 saturated carbocycles. The molecule has 1 aliphatic heterocycles. The Labute approximate surface area is 95.9 Å². The van der Waals surface area contributed by atoms with Crippen LogP contribution < -0.4 is 5.32 Å². The SMILES string of the molecule is CN1CCC(Nc2ncccc2C#N)CC1. The van der Waals surface area contributed by atoms with Gasteiger partial charge in [-0.05, 0) is 45.1 Å². The van der Waals surface area contributed by atoms with E-state index in [2.05, 4.69) is 28.3 Å². The quantitative estimate of drug-likeness (QED) is 0.813. The molecule has 0 atom stereocenters. The summed E-state index contributed by atoms with van der Waals surface area (Å²) in [5.41, 5.74) is 0.626. The molecular formula is C12H16N4. The highest BCUT2D eigenvalue weighted by Crippen LogP contribution is 2.16. The Morgan fingerprint density at radius 1 is 1.50 bits per heavy atom. The molecule has 0 radical (unpaired) electrons. The van der Waals surface area contributed by atoms with Crippen LogP contribution in [-0.2, 0) is 0 Å². The standard InChI is InChI=1S/C12H16N4/c1-16-7-4-11(5-8-16)15-12-10(9-13)3-2-6-14-12/h2-3,6,11H,4-5,7-8H2,1H3,(H,14,15). The van der Waals surface area contributed by atoms with Gasteiger partial charge in [0, 0.05) is 12.2 Å². The molecule has 1 aliphatic rings. The van der Waals surface area contributed by atoms with Crippen LogP contribution >= 0.6 is 0 Å². The fraction of sp³-hybridized carbons (Fsp3) is 0.500. The number of nitrogens with zero attached hydrogens (tertiary/aromatic N) is 3. The number of likely N-dealkylation sites (tertiary alicyclic amines) is 1. The van der Waals surface area contributed by atoms with E-state index in [9.17, 15) is 0 Å². The minimum absolute atomic E-state index is 0.443. The first kappa shape index (κ1) is 10.9. The minimum Gasteiger partial charge on any atom is -0.366 e. The molecule has 0 amide bonds. The van der Waals surface area contributed by atoms with Crippen LogP contribution in [0.25, 0.3) is 0 Å². The largest absolute Gasteiger partial charge is 0.366 e. The summed E-state index contributed by atoms with van der Waals surface area (Å²) in [7, 11) is 2.14. The van der Waals surface area contributed by atoms with E-state index in [4.69, 9.17) is 5.26 Å². The molecule has 1 aromatic heterocycles. The lowest BCUT2D eigenvalue weighted by molar-refractivity contribution is 0.263. The van der Waals surface area contributed by atoms with Crippen molar-refractivity contribution in [2.45, 2.75) is 18.9 Å². The van der Waals surface area contributed by atoms with E-state index < -0.39 is 0 Å². The molecule has 1 aromatic rings. The summed E-state index contributed by atoms with van der Waals surface area (Å²) in [6.45, 7) is 2.21. The summed E-state index contributed by atoms with van der Waals surface area (Å²) in [4.78, 5) is 6.54. The highest BCUT2D eigenvalue weighted by atomic mass is 15.1. The fourth-order valence-corrected chi connectivity index (χ4v) is 1.96. The lowest BCUT2D eigenvalue weighted by Gasteiger charge is -2.29. The number of hydrogen-bond donors (Lipinski definition) is 1. The summed E-state index contributed by atoms with van der Waals surface area (Å²) in [5.74, 6) is 0.722. The molecule has 2 heterocycles. The smallest absolute Gasteiger partial charge is 0.144 e. The summed E-state index contributed by atoms with van der Waals surface area (Å²) in [6, 6.07) is 6.19. The Hall–Kier alpha value is -1.60. The van der Waals surface area contributed by atoms with Crippen LogP contribution in [0.3, 0.4) is 0 Å². The van der Waals surface area contributed by atoms with Gasteiger partial charge in [0.25, 0.3) is 0 Å². The predicted molar refractivity (Wildman–Crippen MR) is 63.1 cm³/mol. The summed E-state index contributed by atoms with van der Waals surface area (Å²) >= 11 is 0. The number of hydrogen-bond acceptors (Lipinski definition) is 4. The molecule has 1 saturated heterocycles. The lowest BCUT2D eigenvalue weighted by Crippen LogP contribution is -2.37. The van der Waals surface area contributed by atoms with Crippen molar-refractivity contribution in [2.24, 2.45) is 0 Å². The molecule has 4 heteroatoms. The maximum atomic E-state index is 8.95. The van der Waals surface area contributed by atoms with Crippen LogP contribution in [0.5, 0.6) is 0 Å². The molecule has 84 valence electrons. The van der Waals surface area contributed by atoms with Crippen molar-refractivity contribution >= 4 is 5.82 Å². The first-order valence-corrected chi connectivity index (χ1v) is 5.60. The molecule has 1 fully saturated rings. The minimum atomic E-state index is 0.443. The number of rotatable bonds is 2. The summed E-state index contributed by atoms with van der Waals surface area (Å²) < 4.78 is 0. The van der Waals surface area contributed by atoms with Crippen LogP contribution in [0.15, 0.2) is 18.3 Å². The second-order valence-corrected chi connectivity index (χ2v) is 4.23. The maximum absolute atomic E-state index is 8.95. The predicted octanol–water partition coefficient (Wildman–Crippen LogP) is 1.46. The van der Waals surface area contributed by atoms with E-state index in [1.807, 2.05) is 0 Å². The van der Waals surface area contributed by atoms with Gasteiger partial charge in [0.15, 0.2) is 0 Å². The van der Waals surface area contributed by atoms with Crippen LogP contribution in [-0.4, -0.2) is 36.1 Å². The van der Waals surface area contributed by atoms with Gasteiger partial charge in [-0.2, -0.15) is 5.26 Å². The van der Waals surface area contributed by atoms with Gasteiger partial charge in [-0.15, -0.1) is 0 Å². The van der Waals surface area contributed by atoms with Gasteiger partial charge < -0.3 is 10.2 Å². The number of anilines is 1. The molecule has 0 unspecified atom stereocenters. The molecule has 0 aliphatic carbocycles. The van der Waals surface area contributed by atoms with Crippen LogP contribution in [0.1, 0.15) is 18.4 Å². The molecule has 4 nitrogen and oxygen atoms in total. The van der Waals surface area contributed by atoms with Gasteiger partial charge in [0.2, 0.25) is 0 Å². The highest BCUT2D eigenvalue weighted by molar-refractivity contribution is 5.51. The van der Waals surface area contributed by atoms with Crippen molar-refractivity contribution in [3.63, 3.8) is 0 Å². The number of nitriles is 1. The van der Waals surface area contributed by atoms with Crippen molar-refractivity contribution < 1.29 is 0 Å². The van der Waals surface area contributed by atoms with Gasteiger partial charge in [-0.3, -0.25) is 0 Å². The molecular weight excluding hydrogens is 200 g/mol. The zero-order valence-corrected chi connectivity index (χ0v) is 9.48. The summed E-state index contributed by atoms with van der Waals surface area (Å²) in [5, 5.41) is 12.3. The van der Waals surface area contributed by atoms with E-state index in [-0.39, 0.29) is 0 Å². The number of piperidine rings is 1.